The van der Waals surface area contributed by atoms with Crippen molar-refractivity contribution in [3.63, 3.8) is 0 Å². The first-order valence-corrected chi connectivity index (χ1v) is 13.8. The third-order valence-corrected chi connectivity index (χ3v) is 8.10. The maximum Gasteiger partial charge on any atom is 0.335 e. The van der Waals surface area contributed by atoms with Crippen molar-refractivity contribution < 1.29 is 9.90 Å². The number of aryl methyl sites for hydroxylation is 1. The van der Waals surface area contributed by atoms with E-state index in [0.29, 0.717) is 5.56 Å². The Morgan fingerprint density at radius 1 is 0.857 bits per heavy atom. The van der Waals surface area contributed by atoms with Gasteiger partial charge in [-0.3, -0.25) is 0 Å². The Kier molecular flexibility index (Phi) is 9.02. The molecule has 0 fully saturated rings. The number of unbranched alkanes of at least 4 members (excludes halogenated alkanes) is 5. The molecule has 2 heteroatoms. The van der Waals surface area contributed by atoms with Crippen LogP contribution in [-0.4, -0.2) is 11.1 Å². The average molecular weight is 475 g/mol. The number of aromatic carboxylic acids is 1. The molecule has 0 heterocycles. The number of hydrogen-bond acceptors (Lipinski definition) is 1. The maximum atomic E-state index is 11.3. The second-order valence-electron chi connectivity index (χ2n) is 11.8. The Hall–Kier alpha value is -2.35. The van der Waals surface area contributed by atoms with Gasteiger partial charge in [0.1, 0.15) is 0 Å². The van der Waals surface area contributed by atoms with E-state index in [1.54, 1.807) is 17.7 Å². The Bertz CT molecular complexity index is 1040. The van der Waals surface area contributed by atoms with Crippen LogP contribution in [0.15, 0.2) is 36.4 Å². The van der Waals surface area contributed by atoms with Crippen molar-refractivity contribution in [3.8, 4) is 0 Å². The summed E-state index contributed by atoms with van der Waals surface area (Å²) in [6.45, 7) is 14.1. The number of allylic oxidation sites excluding steroid dienone is 1. The Balaban J connectivity index is 2.03. The summed E-state index contributed by atoms with van der Waals surface area (Å²) in [6.07, 6.45) is 14.6. The van der Waals surface area contributed by atoms with E-state index in [2.05, 4.69) is 59.8 Å². The highest BCUT2D eigenvalue weighted by Crippen LogP contribution is 2.47. The first-order chi connectivity index (χ1) is 16.6. The van der Waals surface area contributed by atoms with Gasteiger partial charge in [0.25, 0.3) is 0 Å². The van der Waals surface area contributed by atoms with Crippen molar-refractivity contribution in [1.29, 1.82) is 0 Å². The van der Waals surface area contributed by atoms with E-state index in [-0.39, 0.29) is 10.8 Å². The van der Waals surface area contributed by atoms with Crippen LogP contribution in [0.1, 0.15) is 138 Å². The number of benzene rings is 2. The number of carbonyl (C=O) groups is 1. The minimum absolute atomic E-state index is 0.181. The molecule has 0 unspecified atom stereocenters. The van der Waals surface area contributed by atoms with E-state index in [0.717, 1.165) is 18.4 Å². The summed E-state index contributed by atoms with van der Waals surface area (Å²) in [5, 5.41) is 9.26. The van der Waals surface area contributed by atoms with Crippen LogP contribution in [-0.2, 0) is 17.3 Å². The lowest BCUT2D eigenvalue weighted by molar-refractivity contribution is 0.0697. The molecule has 0 amide bonds. The van der Waals surface area contributed by atoms with Gasteiger partial charge in [0.05, 0.1) is 5.56 Å². The fourth-order valence-electron chi connectivity index (χ4n) is 5.55. The molecule has 0 atom stereocenters. The number of carboxylic acids is 1. The van der Waals surface area contributed by atoms with E-state index >= 15 is 0 Å². The molecule has 2 aromatic rings. The topological polar surface area (TPSA) is 37.3 Å². The highest BCUT2D eigenvalue weighted by molar-refractivity contribution is 5.89. The van der Waals surface area contributed by atoms with Gasteiger partial charge in [-0.1, -0.05) is 104 Å². The molecule has 1 N–H and O–H groups in total. The van der Waals surface area contributed by atoms with Crippen molar-refractivity contribution in [2.45, 2.75) is 117 Å². The molecule has 35 heavy (non-hydrogen) atoms. The lowest BCUT2D eigenvalue weighted by Crippen LogP contribution is -2.34. The number of hydrogen-bond donors (Lipinski definition) is 1. The van der Waals surface area contributed by atoms with Crippen LogP contribution in [0.3, 0.4) is 0 Å². The molecule has 1 aliphatic carbocycles. The first kappa shape index (κ1) is 27.2. The van der Waals surface area contributed by atoms with Gasteiger partial charge >= 0.3 is 5.97 Å². The molecule has 0 aliphatic heterocycles. The zero-order valence-corrected chi connectivity index (χ0v) is 23.0. The Labute approximate surface area is 213 Å². The fraction of sp³-hybridized carbons (Fsp3) is 0.545. The van der Waals surface area contributed by atoms with Gasteiger partial charge in [-0.2, -0.15) is 0 Å². The number of rotatable bonds is 11. The largest absolute Gasteiger partial charge is 0.478 e. The third-order valence-electron chi connectivity index (χ3n) is 8.10. The molecule has 190 valence electrons. The zero-order valence-electron chi connectivity index (χ0n) is 23.0. The van der Waals surface area contributed by atoms with Gasteiger partial charge in [0.15, 0.2) is 0 Å². The van der Waals surface area contributed by atoms with E-state index in [9.17, 15) is 9.90 Å². The van der Waals surface area contributed by atoms with E-state index < -0.39 is 5.97 Å². The molecular weight excluding hydrogens is 428 g/mol. The molecule has 0 saturated heterocycles. The lowest BCUT2D eigenvalue weighted by atomic mass is 9.62. The predicted octanol–water partition coefficient (Wildman–Crippen LogP) is 9.59. The summed E-state index contributed by atoms with van der Waals surface area (Å²) in [4.78, 5) is 11.3. The predicted molar refractivity (Wildman–Crippen MR) is 150 cm³/mol. The second-order valence-corrected chi connectivity index (χ2v) is 11.8. The highest BCUT2D eigenvalue weighted by Gasteiger charge is 2.37. The zero-order chi connectivity index (χ0) is 25.6. The van der Waals surface area contributed by atoms with Crippen molar-refractivity contribution >= 4 is 17.6 Å². The first-order valence-electron chi connectivity index (χ1n) is 13.8. The minimum Gasteiger partial charge on any atom is -0.478 e. The van der Waals surface area contributed by atoms with Gasteiger partial charge in [0, 0.05) is 0 Å². The van der Waals surface area contributed by atoms with Crippen LogP contribution >= 0.6 is 0 Å². The normalized spacial score (nSPS) is 16.7. The average Bonchev–Trinajstić information content (AvgIpc) is 2.83. The van der Waals surface area contributed by atoms with Crippen molar-refractivity contribution in [2.75, 3.05) is 0 Å². The molecule has 0 bridgehead atoms. The summed E-state index contributed by atoms with van der Waals surface area (Å²) in [7, 11) is 0. The summed E-state index contributed by atoms with van der Waals surface area (Å²) >= 11 is 0. The van der Waals surface area contributed by atoms with Gasteiger partial charge in [-0.15, -0.1) is 0 Å². The molecule has 0 aromatic heterocycles. The van der Waals surface area contributed by atoms with E-state index in [1.165, 1.54) is 73.6 Å². The van der Waals surface area contributed by atoms with Gasteiger partial charge in [-0.25, -0.2) is 4.79 Å². The molecule has 3 rings (SSSR count). The molecular formula is C33H46O2. The quantitative estimate of drug-likeness (QED) is 0.260. The van der Waals surface area contributed by atoms with Crippen molar-refractivity contribution in [2.24, 2.45) is 0 Å². The minimum atomic E-state index is -0.878. The van der Waals surface area contributed by atoms with Gasteiger partial charge in [-0.05, 0) is 88.5 Å². The van der Waals surface area contributed by atoms with Crippen LogP contribution in [0.5, 0.6) is 0 Å². The van der Waals surface area contributed by atoms with Gasteiger partial charge in [0.2, 0.25) is 0 Å². The van der Waals surface area contributed by atoms with Crippen LogP contribution in [0.2, 0.25) is 0 Å². The number of carboxylic acid groups (broad SMARTS) is 1. The lowest BCUT2D eigenvalue weighted by Gasteiger charge is -2.42. The maximum absolute atomic E-state index is 11.3. The molecule has 2 nitrogen and oxygen atoms in total. The molecule has 0 saturated carbocycles. The monoisotopic (exact) mass is 474 g/mol. The summed E-state index contributed by atoms with van der Waals surface area (Å²) < 4.78 is 0. The Morgan fingerprint density at radius 3 is 2.00 bits per heavy atom. The SMILES string of the molecule is CCCCCCCCc1cc2c(cc1/C(=C/c1ccc(C(=O)O)cc1)CC)C(C)(C)CCC2(C)C. The summed E-state index contributed by atoms with van der Waals surface area (Å²) in [5.74, 6) is -0.878. The summed E-state index contributed by atoms with van der Waals surface area (Å²) in [5.41, 5.74) is 9.07. The molecule has 2 aromatic carbocycles. The fourth-order valence-corrected chi connectivity index (χ4v) is 5.55. The van der Waals surface area contributed by atoms with E-state index in [1.807, 2.05) is 12.1 Å². The second kappa shape index (κ2) is 11.6. The molecule has 1 aliphatic rings. The smallest absolute Gasteiger partial charge is 0.335 e. The van der Waals surface area contributed by atoms with Crippen molar-refractivity contribution in [1.82, 2.24) is 0 Å². The van der Waals surface area contributed by atoms with Crippen molar-refractivity contribution in [3.05, 3.63) is 69.8 Å². The van der Waals surface area contributed by atoms with Crippen LogP contribution in [0, 0.1) is 0 Å². The van der Waals surface area contributed by atoms with Crippen LogP contribution in [0.25, 0.3) is 11.6 Å². The number of fused-ring (bicyclic) bond motifs is 1. The summed E-state index contributed by atoms with van der Waals surface area (Å²) in [6, 6.07) is 12.3. The standard InChI is InChI=1S/C33H46O2/c1-7-9-10-11-12-13-14-27-22-29-30(33(5,6)20-19-32(29,3)4)23-28(27)25(8-2)21-24-15-17-26(18-16-24)31(34)35/h15-18,21-23H,7-14,19-20H2,1-6H3,(H,34,35)/b25-21+. The van der Waals surface area contributed by atoms with Gasteiger partial charge < -0.3 is 5.11 Å². The molecule has 0 radical (unpaired) electrons. The van der Waals surface area contributed by atoms with E-state index in [4.69, 9.17) is 0 Å². The third kappa shape index (κ3) is 6.66. The highest BCUT2D eigenvalue weighted by atomic mass is 16.4. The van der Waals surface area contributed by atoms with Crippen LogP contribution < -0.4 is 0 Å². The Morgan fingerprint density at radius 2 is 1.43 bits per heavy atom. The van der Waals surface area contributed by atoms with Crippen LogP contribution in [0.4, 0.5) is 0 Å². The molecule has 0 spiro atoms.